The molecule has 1 aromatic carbocycles. The standard InChI is InChI=1S/C15H20N2O3S/c1-21-11-12-2-4-13(5-3-12)15(20)17-8-6-16(7-9-17)10-14(18)19/h2-5H,6-11H2,1H3,(H,18,19). The smallest absolute Gasteiger partial charge is 0.317 e. The van der Waals surface area contributed by atoms with Crippen molar-refractivity contribution < 1.29 is 14.7 Å². The zero-order valence-corrected chi connectivity index (χ0v) is 12.9. The molecule has 0 saturated carbocycles. The molecule has 6 heteroatoms. The molecule has 2 rings (SSSR count). The zero-order valence-electron chi connectivity index (χ0n) is 12.1. The number of aliphatic carboxylic acids is 1. The van der Waals surface area contributed by atoms with E-state index in [1.807, 2.05) is 29.2 Å². The van der Waals surface area contributed by atoms with Crippen LogP contribution in [0.4, 0.5) is 0 Å². The Balaban J connectivity index is 1.90. The first-order valence-electron chi connectivity index (χ1n) is 6.91. The van der Waals surface area contributed by atoms with Gasteiger partial charge in [-0.05, 0) is 24.0 Å². The molecule has 1 heterocycles. The maximum atomic E-state index is 12.4. The highest BCUT2D eigenvalue weighted by Gasteiger charge is 2.22. The molecule has 0 radical (unpaired) electrons. The number of nitrogens with zero attached hydrogens (tertiary/aromatic N) is 2. The number of hydrogen-bond donors (Lipinski definition) is 1. The Morgan fingerprint density at radius 2 is 1.76 bits per heavy atom. The highest BCUT2D eigenvalue weighted by Crippen LogP contribution is 2.13. The number of amides is 1. The Hall–Kier alpha value is -1.53. The van der Waals surface area contributed by atoms with Gasteiger partial charge in [0.15, 0.2) is 0 Å². The molecule has 0 aliphatic carbocycles. The predicted octanol–water partition coefficient (Wildman–Crippen LogP) is 1.39. The van der Waals surface area contributed by atoms with Crippen LogP contribution in [0.15, 0.2) is 24.3 Å². The van der Waals surface area contributed by atoms with Crippen LogP contribution in [0.25, 0.3) is 0 Å². The largest absolute Gasteiger partial charge is 0.480 e. The Morgan fingerprint density at radius 1 is 1.14 bits per heavy atom. The lowest BCUT2D eigenvalue weighted by Crippen LogP contribution is -2.49. The highest BCUT2D eigenvalue weighted by molar-refractivity contribution is 7.97. The van der Waals surface area contributed by atoms with Crippen LogP contribution in [0.5, 0.6) is 0 Å². The second kappa shape index (κ2) is 7.47. The van der Waals surface area contributed by atoms with Gasteiger partial charge in [0.1, 0.15) is 0 Å². The van der Waals surface area contributed by atoms with E-state index in [1.54, 1.807) is 16.7 Å². The van der Waals surface area contributed by atoms with E-state index in [-0.39, 0.29) is 12.5 Å². The first kappa shape index (κ1) is 15.9. The first-order valence-corrected chi connectivity index (χ1v) is 8.31. The van der Waals surface area contributed by atoms with Crippen LogP contribution in [-0.2, 0) is 10.5 Å². The Morgan fingerprint density at radius 3 is 2.29 bits per heavy atom. The molecule has 0 atom stereocenters. The van der Waals surface area contributed by atoms with Crippen LogP contribution in [0, 0.1) is 0 Å². The van der Waals surface area contributed by atoms with E-state index in [0.717, 1.165) is 5.75 Å². The van der Waals surface area contributed by atoms with Crippen molar-refractivity contribution in [2.24, 2.45) is 0 Å². The molecule has 0 unspecified atom stereocenters. The quantitative estimate of drug-likeness (QED) is 0.891. The molecule has 0 spiro atoms. The van der Waals surface area contributed by atoms with Gasteiger partial charge < -0.3 is 10.0 Å². The lowest BCUT2D eigenvalue weighted by atomic mass is 10.1. The van der Waals surface area contributed by atoms with Gasteiger partial charge in [-0.15, -0.1) is 0 Å². The number of carbonyl (C=O) groups is 2. The minimum atomic E-state index is -0.820. The number of thioether (sulfide) groups is 1. The van der Waals surface area contributed by atoms with Crippen LogP contribution < -0.4 is 0 Å². The zero-order chi connectivity index (χ0) is 15.2. The van der Waals surface area contributed by atoms with Crippen molar-refractivity contribution in [2.45, 2.75) is 5.75 Å². The van der Waals surface area contributed by atoms with Gasteiger partial charge in [0.2, 0.25) is 0 Å². The number of hydrogen-bond acceptors (Lipinski definition) is 4. The topological polar surface area (TPSA) is 60.9 Å². The summed E-state index contributed by atoms with van der Waals surface area (Å²) in [5.41, 5.74) is 1.91. The lowest BCUT2D eigenvalue weighted by Gasteiger charge is -2.33. The SMILES string of the molecule is CSCc1ccc(C(=O)N2CCN(CC(=O)O)CC2)cc1. The summed E-state index contributed by atoms with van der Waals surface area (Å²) in [5.74, 6) is 0.155. The van der Waals surface area contributed by atoms with E-state index in [2.05, 4.69) is 6.26 Å². The summed E-state index contributed by atoms with van der Waals surface area (Å²) in [6.07, 6.45) is 2.05. The van der Waals surface area contributed by atoms with Crippen molar-refractivity contribution >= 4 is 23.6 Å². The fourth-order valence-electron chi connectivity index (χ4n) is 2.39. The summed E-state index contributed by atoms with van der Waals surface area (Å²) in [5, 5.41) is 8.76. The monoisotopic (exact) mass is 308 g/mol. The van der Waals surface area contributed by atoms with Crippen molar-refractivity contribution in [3.8, 4) is 0 Å². The minimum Gasteiger partial charge on any atom is -0.480 e. The molecule has 0 aromatic heterocycles. The summed E-state index contributed by atoms with van der Waals surface area (Å²) in [6.45, 7) is 2.44. The summed E-state index contributed by atoms with van der Waals surface area (Å²) < 4.78 is 0. The number of piperazine rings is 1. The third kappa shape index (κ3) is 4.47. The average Bonchev–Trinajstić information content (AvgIpc) is 2.48. The van der Waals surface area contributed by atoms with Gasteiger partial charge in [-0.2, -0.15) is 11.8 Å². The molecule has 1 saturated heterocycles. The maximum absolute atomic E-state index is 12.4. The van der Waals surface area contributed by atoms with E-state index >= 15 is 0 Å². The lowest BCUT2D eigenvalue weighted by molar-refractivity contribution is -0.138. The summed E-state index contributed by atoms with van der Waals surface area (Å²) in [4.78, 5) is 26.7. The normalized spacial score (nSPS) is 16.0. The molecule has 1 N–H and O–H groups in total. The third-order valence-corrected chi connectivity index (χ3v) is 4.15. The van der Waals surface area contributed by atoms with Gasteiger partial charge in [-0.3, -0.25) is 14.5 Å². The van der Waals surface area contributed by atoms with Gasteiger partial charge in [0.25, 0.3) is 5.91 Å². The van der Waals surface area contributed by atoms with Gasteiger partial charge in [0, 0.05) is 37.5 Å². The predicted molar refractivity (Wildman–Crippen MR) is 83.6 cm³/mol. The van der Waals surface area contributed by atoms with Crippen molar-refractivity contribution in [1.29, 1.82) is 0 Å². The molecule has 1 aliphatic heterocycles. The fraction of sp³-hybridized carbons (Fsp3) is 0.467. The number of benzene rings is 1. The molecule has 1 fully saturated rings. The molecule has 114 valence electrons. The van der Waals surface area contributed by atoms with Crippen molar-refractivity contribution in [2.75, 3.05) is 39.0 Å². The van der Waals surface area contributed by atoms with Crippen LogP contribution in [0.3, 0.4) is 0 Å². The Kier molecular flexibility index (Phi) is 5.64. The van der Waals surface area contributed by atoms with Gasteiger partial charge in [-0.1, -0.05) is 12.1 Å². The van der Waals surface area contributed by atoms with E-state index < -0.39 is 5.97 Å². The molecule has 0 bridgehead atoms. The summed E-state index contributed by atoms with van der Waals surface area (Å²) in [6, 6.07) is 7.73. The molecule has 1 amide bonds. The van der Waals surface area contributed by atoms with Gasteiger partial charge in [0.05, 0.1) is 6.54 Å². The van der Waals surface area contributed by atoms with Crippen LogP contribution in [-0.4, -0.2) is 65.8 Å². The molecule has 21 heavy (non-hydrogen) atoms. The molecule has 1 aromatic rings. The Bertz CT molecular complexity index is 496. The van der Waals surface area contributed by atoms with Crippen molar-refractivity contribution in [3.63, 3.8) is 0 Å². The number of carbonyl (C=O) groups excluding carboxylic acids is 1. The molecule has 1 aliphatic rings. The summed E-state index contributed by atoms with van der Waals surface area (Å²) in [7, 11) is 0. The molecule has 5 nitrogen and oxygen atoms in total. The van der Waals surface area contributed by atoms with Crippen LogP contribution in [0.1, 0.15) is 15.9 Å². The number of rotatable bonds is 5. The van der Waals surface area contributed by atoms with Gasteiger partial charge >= 0.3 is 5.97 Å². The highest BCUT2D eigenvalue weighted by atomic mass is 32.2. The van der Waals surface area contributed by atoms with E-state index in [4.69, 9.17) is 5.11 Å². The van der Waals surface area contributed by atoms with E-state index in [9.17, 15) is 9.59 Å². The third-order valence-electron chi connectivity index (χ3n) is 3.53. The second-order valence-corrected chi connectivity index (χ2v) is 5.96. The number of carboxylic acid groups (broad SMARTS) is 1. The second-order valence-electron chi connectivity index (χ2n) is 5.09. The molecular weight excluding hydrogens is 288 g/mol. The van der Waals surface area contributed by atoms with Crippen LogP contribution in [0.2, 0.25) is 0 Å². The average molecular weight is 308 g/mol. The van der Waals surface area contributed by atoms with Crippen LogP contribution >= 0.6 is 11.8 Å². The minimum absolute atomic E-state index is 0.0284. The van der Waals surface area contributed by atoms with Crippen molar-refractivity contribution in [3.05, 3.63) is 35.4 Å². The summed E-state index contributed by atoms with van der Waals surface area (Å²) >= 11 is 1.75. The Labute approximate surface area is 128 Å². The van der Waals surface area contributed by atoms with E-state index in [0.29, 0.717) is 31.7 Å². The van der Waals surface area contributed by atoms with E-state index in [1.165, 1.54) is 5.56 Å². The molecular formula is C15H20N2O3S. The van der Waals surface area contributed by atoms with Crippen molar-refractivity contribution in [1.82, 2.24) is 9.80 Å². The maximum Gasteiger partial charge on any atom is 0.317 e. The first-order chi connectivity index (χ1) is 10.1. The fourth-order valence-corrected chi connectivity index (χ4v) is 2.92. The van der Waals surface area contributed by atoms with Gasteiger partial charge in [-0.25, -0.2) is 0 Å². The number of carboxylic acids is 1.